The maximum atomic E-state index is 6.06. The van der Waals surface area contributed by atoms with Crippen LogP contribution in [0, 0.1) is 0 Å². The lowest BCUT2D eigenvalue weighted by Gasteiger charge is -2.14. The van der Waals surface area contributed by atoms with Gasteiger partial charge in [0.2, 0.25) is 0 Å². The van der Waals surface area contributed by atoms with E-state index in [4.69, 9.17) is 34.7 Å². The number of rotatable bonds is 2. The van der Waals surface area contributed by atoms with Crippen molar-refractivity contribution in [2.45, 2.75) is 6.04 Å². The van der Waals surface area contributed by atoms with Gasteiger partial charge in [0.25, 0.3) is 0 Å². The molecule has 0 bridgehead atoms. The molecule has 17 heavy (non-hydrogen) atoms. The van der Waals surface area contributed by atoms with Crippen LogP contribution in [0.1, 0.15) is 17.3 Å². The molecule has 1 atom stereocenters. The van der Waals surface area contributed by atoms with Gasteiger partial charge in [-0.25, -0.2) is 0 Å². The number of nitrogens with two attached hydrogens (primary N) is 2. The molecular formula is C11H10Cl2N4. The summed E-state index contributed by atoms with van der Waals surface area (Å²) in [5.74, 6) is 0. The van der Waals surface area contributed by atoms with Gasteiger partial charge < -0.3 is 11.5 Å². The lowest BCUT2D eigenvalue weighted by Crippen LogP contribution is -2.16. The minimum atomic E-state index is -0.520. The van der Waals surface area contributed by atoms with E-state index >= 15 is 0 Å². The van der Waals surface area contributed by atoms with Crippen LogP contribution in [-0.2, 0) is 0 Å². The summed E-state index contributed by atoms with van der Waals surface area (Å²) >= 11 is 11.8. The van der Waals surface area contributed by atoms with Crippen LogP contribution in [0.5, 0.6) is 0 Å². The molecule has 0 fully saturated rings. The molecule has 0 amide bonds. The Morgan fingerprint density at radius 1 is 1.24 bits per heavy atom. The van der Waals surface area contributed by atoms with Crippen molar-refractivity contribution in [3.63, 3.8) is 0 Å². The highest BCUT2D eigenvalue weighted by Gasteiger charge is 2.16. The standard InChI is InChI=1S/C11H10Cl2N4/c12-6-3-8(13)11(17-4-6)10(15)7-5-16-2-1-9(7)14/h1-5,10H,15H2,(H2,14,16). The first-order valence-electron chi connectivity index (χ1n) is 4.85. The SMILES string of the molecule is Nc1ccncc1C(N)c1ncc(Cl)cc1Cl. The summed E-state index contributed by atoms with van der Waals surface area (Å²) in [7, 11) is 0. The minimum Gasteiger partial charge on any atom is -0.398 e. The van der Waals surface area contributed by atoms with Gasteiger partial charge in [0.15, 0.2) is 0 Å². The summed E-state index contributed by atoms with van der Waals surface area (Å²) in [6.07, 6.45) is 4.70. The second-order valence-corrected chi connectivity index (χ2v) is 4.35. The second-order valence-electron chi connectivity index (χ2n) is 3.50. The molecular weight excluding hydrogens is 259 g/mol. The quantitative estimate of drug-likeness (QED) is 0.877. The van der Waals surface area contributed by atoms with Gasteiger partial charge in [0, 0.05) is 29.8 Å². The van der Waals surface area contributed by atoms with Crippen molar-refractivity contribution in [1.82, 2.24) is 9.97 Å². The van der Waals surface area contributed by atoms with Crippen LogP contribution >= 0.6 is 23.2 Å². The van der Waals surface area contributed by atoms with Gasteiger partial charge in [-0.3, -0.25) is 9.97 Å². The fourth-order valence-corrected chi connectivity index (χ4v) is 1.98. The van der Waals surface area contributed by atoms with Gasteiger partial charge in [-0.2, -0.15) is 0 Å². The number of hydrogen-bond donors (Lipinski definition) is 2. The zero-order chi connectivity index (χ0) is 12.4. The Kier molecular flexibility index (Phi) is 3.47. The van der Waals surface area contributed by atoms with Crippen molar-refractivity contribution in [3.8, 4) is 0 Å². The number of anilines is 1. The van der Waals surface area contributed by atoms with Crippen LogP contribution in [0.4, 0.5) is 5.69 Å². The maximum absolute atomic E-state index is 6.06. The third-order valence-corrected chi connectivity index (χ3v) is 2.86. The average molecular weight is 269 g/mol. The molecule has 1 unspecified atom stereocenters. The van der Waals surface area contributed by atoms with E-state index in [-0.39, 0.29) is 0 Å². The number of halogens is 2. The first-order chi connectivity index (χ1) is 8.09. The van der Waals surface area contributed by atoms with Crippen LogP contribution in [0.25, 0.3) is 0 Å². The van der Waals surface area contributed by atoms with Crippen LogP contribution in [0.15, 0.2) is 30.7 Å². The van der Waals surface area contributed by atoms with E-state index in [0.29, 0.717) is 27.0 Å². The summed E-state index contributed by atoms with van der Waals surface area (Å²) in [5, 5.41) is 0.873. The highest BCUT2D eigenvalue weighted by atomic mass is 35.5. The minimum absolute atomic E-state index is 0.410. The van der Waals surface area contributed by atoms with E-state index in [2.05, 4.69) is 9.97 Å². The Labute approximate surface area is 109 Å². The van der Waals surface area contributed by atoms with Gasteiger partial charge >= 0.3 is 0 Å². The zero-order valence-electron chi connectivity index (χ0n) is 8.77. The summed E-state index contributed by atoms with van der Waals surface area (Å²) in [6, 6.07) is 2.75. The molecule has 2 rings (SSSR count). The Bertz CT molecular complexity index is 545. The van der Waals surface area contributed by atoms with Crippen molar-refractivity contribution in [1.29, 1.82) is 0 Å². The normalized spacial score (nSPS) is 12.4. The van der Waals surface area contributed by atoms with Crippen molar-refractivity contribution < 1.29 is 0 Å². The lowest BCUT2D eigenvalue weighted by atomic mass is 10.0. The van der Waals surface area contributed by atoms with Crippen LogP contribution in [0.3, 0.4) is 0 Å². The summed E-state index contributed by atoms with van der Waals surface area (Å²) < 4.78 is 0. The molecule has 2 aromatic rings. The summed E-state index contributed by atoms with van der Waals surface area (Å²) in [6.45, 7) is 0. The van der Waals surface area contributed by atoms with Crippen LogP contribution in [-0.4, -0.2) is 9.97 Å². The average Bonchev–Trinajstić information content (AvgIpc) is 2.29. The molecule has 0 radical (unpaired) electrons. The van der Waals surface area contributed by atoms with E-state index in [1.807, 2.05) is 0 Å². The Morgan fingerprint density at radius 2 is 2.00 bits per heavy atom. The smallest absolute Gasteiger partial charge is 0.0804 e. The van der Waals surface area contributed by atoms with E-state index in [9.17, 15) is 0 Å². The van der Waals surface area contributed by atoms with Crippen molar-refractivity contribution >= 4 is 28.9 Å². The molecule has 4 nitrogen and oxygen atoms in total. The molecule has 0 saturated heterocycles. The molecule has 2 aromatic heterocycles. The van der Waals surface area contributed by atoms with Gasteiger partial charge in [-0.05, 0) is 12.1 Å². The number of nitrogens with zero attached hydrogens (tertiary/aromatic N) is 2. The number of aromatic nitrogens is 2. The first kappa shape index (κ1) is 12.1. The van der Waals surface area contributed by atoms with Crippen molar-refractivity contribution in [3.05, 3.63) is 52.0 Å². The molecule has 2 heterocycles. The Morgan fingerprint density at radius 3 is 2.65 bits per heavy atom. The topological polar surface area (TPSA) is 77.8 Å². The third-order valence-electron chi connectivity index (χ3n) is 2.35. The predicted octanol–water partition coefficient (Wildman–Crippen LogP) is 2.41. The molecule has 0 saturated carbocycles. The first-order valence-corrected chi connectivity index (χ1v) is 5.61. The van der Waals surface area contributed by atoms with Crippen molar-refractivity contribution in [2.75, 3.05) is 5.73 Å². The summed E-state index contributed by atoms with van der Waals surface area (Å²) in [4.78, 5) is 8.11. The predicted molar refractivity (Wildman–Crippen MR) is 68.9 cm³/mol. The van der Waals surface area contributed by atoms with E-state index in [1.165, 1.54) is 6.20 Å². The largest absolute Gasteiger partial charge is 0.398 e. The number of hydrogen-bond acceptors (Lipinski definition) is 4. The second kappa shape index (κ2) is 4.87. The summed E-state index contributed by atoms with van der Waals surface area (Å²) in [5.41, 5.74) is 13.6. The molecule has 0 spiro atoms. The fourth-order valence-electron chi connectivity index (χ4n) is 1.48. The number of nitrogen functional groups attached to an aromatic ring is 1. The van der Waals surface area contributed by atoms with Gasteiger partial charge in [-0.1, -0.05) is 23.2 Å². The molecule has 0 aliphatic rings. The molecule has 88 valence electrons. The monoisotopic (exact) mass is 268 g/mol. The fraction of sp³-hybridized carbons (Fsp3) is 0.0909. The van der Waals surface area contributed by atoms with E-state index in [0.717, 1.165) is 0 Å². The Balaban J connectivity index is 2.44. The molecule has 4 N–H and O–H groups in total. The zero-order valence-corrected chi connectivity index (χ0v) is 10.3. The van der Waals surface area contributed by atoms with E-state index in [1.54, 1.807) is 24.5 Å². The van der Waals surface area contributed by atoms with Crippen LogP contribution < -0.4 is 11.5 Å². The number of pyridine rings is 2. The maximum Gasteiger partial charge on any atom is 0.0804 e. The molecule has 0 aliphatic heterocycles. The van der Waals surface area contributed by atoms with Crippen molar-refractivity contribution in [2.24, 2.45) is 5.73 Å². The molecule has 6 heteroatoms. The molecule has 0 aromatic carbocycles. The van der Waals surface area contributed by atoms with Gasteiger partial charge in [-0.15, -0.1) is 0 Å². The highest BCUT2D eigenvalue weighted by molar-refractivity contribution is 6.34. The lowest BCUT2D eigenvalue weighted by molar-refractivity contribution is 0.826. The molecule has 0 aliphatic carbocycles. The van der Waals surface area contributed by atoms with Gasteiger partial charge in [0.1, 0.15) is 0 Å². The third kappa shape index (κ3) is 2.49. The highest BCUT2D eigenvalue weighted by Crippen LogP contribution is 2.28. The van der Waals surface area contributed by atoms with Gasteiger partial charge in [0.05, 0.1) is 21.8 Å². The Hall–Kier alpha value is -1.36. The van der Waals surface area contributed by atoms with Crippen LogP contribution in [0.2, 0.25) is 10.0 Å². The van der Waals surface area contributed by atoms with E-state index < -0.39 is 6.04 Å².